The van der Waals surface area contributed by atoms with Gasteiger partial charge in [0.05, 0.1) is 11.6 Å². The molecule has 1 rings (SSSR count). The van der Waals surface area contributed by atoms with Crippen LogP contribution < -0.4 is 0 Å². The molecule has 100 valence electrons. The van der Waals surface area contributed by atoms with Gasteiger partial charge < -0.3 is 4.90 Å². The first-order chi connectivity index (χ1) is 8.84. The minimum absolute atomic E-state index is 0.412. The largest absolute Gasteiger partial charge is 0.416 e. The molecule has 0 aliphatic rings. The number of benzene rings is 1. The van der Waals surface area contributed by atoms with Gasteiger partial charge in [0.25, 0.3) is 0 Å². The molecular formula is C14H13F3N2. The van der Waals surface area contributed by atoms with Crippen LogP contribution in [0.1, 0.15) is 11.1 Å². The first-order valence-corrected chi connectivity index (χ1v) is 5.46. The van der Waals surface area contributed by atoms with Gasteiger partial charge in [-0.05, 0) is 29.3 Å². The van der Waals surface area contributed by atoms with Crippen molar-refractivity contribution < 1.29 is 13.2 Å². The fourth-order valence-electron chi connectivity index (χ4n) is 1.49. The molecule has 2 nitrogen and oxygen atoms in total. The Kier molecular flexibility index (Phi) is 4.76. The van der Waals surface area contributed by atoms with E-state index in [9.17, 15) is 13.2 Å². The number of alkyl halides is 3. The van der Waals surface area contributed by atoms with Crippen molar-refractivity contribution in [3.63, 3.8) is 0 Å². The molecular weight excluding hydrogens is 253 g/mol. The molecule has 0 spiro atoms. The van der Waals surface area contributed by atoms with Crippen LogP contribution >= 0.6 is 0 Å². The minimum Gasteiger partial charge on any atom is -0.383 e. The summed E-state index contributed by atoms with van der Waals surface area (Å²) in [7, 11) is 3.52. The summed E-state index contributed by atoms with van der Waals surface area (Å²) < 4.78 is 37.9. The van der Waals surface area contributed by atoms with Crippen molar-refractivity contribution in [1.82, 2.24) is 4.90 Å². The zero-order chi connectivity index (χ0) is 14.5. The average Bonchev–Trinajstić information content (AvgIpc) is 2.33. The molecule has 0 saturated heterocycles. The Morgan fingerprint density at radius 1 is 1.32 bits per heavy atom. The Labute approximate surface area is 110 Å². The van der Waals surface area contributed by atoms with Gasteiger partial charge in [0.2, 0.25) is 0 Å². The van der Waals surface area contributed by atoms with E-state index in [1.54, 1.807) is 31.3 Å². The molecule has 0 heterocycles. The highest BCUT2D eigenvalue weighted by Crippen LogP contribution is 2.31. The SMILES string of the molecule is CN(C)/C=C(\C=C\C#N)c1cccc(C(F)(F)F)c1. The Balaban J connectivity index is 3.25. The van der Waals surface area contributed by atoms with E-state index in [-0.39, 0.29) is 0 Å². The van der Waals surface area contributed by atoms with Gasteiger partial charge in [-0.25, -0.2) is 0 Å². The Bertz CT molecular complexity index is 534. The number of rotatable bonds is 3. The molecule has 19 heavy (non-hydrogen) atoms. The lowest BCUT2D eigenvalue weighted by atomic mass is 10.0. The van der Waals surface area contributed by atoms with E-state index in [2.05, 4.69) is 0 Å². The summed E-state index contributed by atoms with van der Waals surface area (Å²) in [6.07, 6.45) is -0.00735. The van der Waals surface area contributed by atoms with E-state index in [0.717, 1.165) is 12.1 Å². The number of nitrogens with zero attached hydrogens (tertiary/aromatic N) is 2. The molecule has 0 unspecified atom stereocenters. The first kappa shape index (κ1) is 14.8. The quantitative estimate of drug-likeness (QED) is 0.616. The zero-order valence-corrected chi connectivity index (χ0v) is 10.6. The molecule has 0 radical (unpaired) electrons. The fourth-order valence-corrected chi connectivity index (χ4v) is 1.49. The summed E-state index contributed by atoms with van der Waals surface area (Å²) >= 11 is 0. The van der Waals surface area contributed by atoms with Crippen molar-refractivity contribution in [2.24, 2.45) is 0 Å². The zero-order valence-electron chi connectivity index (χ0n) is 10.6. The third kappa shape index (κ3) is 4.51. The summed E-state index contributed by atoms with van der Waals surface area (Å²) in [4.78, 5) is 1.71. The van der Waals surface area contributed by atoms with Gasteiger partial charge in [-0.3, -0.25) is 0 Å². The molecule has 0 aromatic heterocycles. The lowest BCUT2D eigenvalue weighted by molar-refractivity contribution is -0.137. The number of halogens is 3. The topological polar surface area (TPSA) is 27.0 Å². The van der Waals surface area contributed by atoms with Crippen LogP contribution in [-0.2, 0) is 6.18 Å². The van der Waals surface area contributed by atoms with Gasteiger partial charge in [-0.15, -0.1) is 0 Å². The van der Waals surface area contributed by atoms with Gasteiger partial charge in [0.15, 0.2) is 0 Å². The van der Waals surface area contributed by atoms with E-state index in [0.29, 0.717) is 11.1 Å². The van der Waals surface area contributed by atoms with Crippen LogP contribution in [0, 0.1) is 11.3 Å². The molecule has 0 saturated carbocycles. The van der Waals surface area contributed by atoms with Gasteiger partial charge in [0.1, 0.15) is 0 Å². The third-order valence-electron chi connectivity index (χ3n) is 2.26. The summed E-state index contributed by atoms with van der Waals surface area (Å²) in [6, 6.07) is 6.83. The second-order valence-electron chi connectivity index (χ2n) is 4.09. The van der Waals surface area contributed by atoms with Crippen LogP contribution in [-0.4, -0.2) is 19.0 Å². The number of nitriles is 1. The summed E-state index contributed by atoms with van der Waals surface area (Å²) in [5.74, 6) is 0. The van der Waals surface area contributed by atoms with Crippen molar-refractivity contribution >= 4 is 5.57 Å². The lowest BCUT2D eigenvalue weighted by Crippen LogP contribution is -2.06. The second kappa shape index (κ2) is 6.10. The smallest absolute Gasteiger partial charge is 0.383 e. The maximum absolute atomic E-state index is 12.6. The Morgan fingerprint density at radius 2 is 2.00 bits per heavy atom. The first-order valence-electron chi connectivity index (χ1n) is 5.46. The summed E-state index contributed by atoms with van der Waals surface area (Å²) in [5, 5.41) is 8.52. The maximum atomic E-state index is 12.6. The lowest BCUT2D eigenvalue weighted by Gasteiger charge is -2.12. The Morgan fingerprint density at radius 3 is 2.53 bits per heavy atom. The van der Waals surface area contributed by atoms with Gasteiger partial charge in [-0.2, -0.15) is 18.4 Å². The highest BCUT2D eigenvalue weighted by atomic mass is 19.4. The van der Waals surface area contributed by atoms with Gasteiger partial charge in [-0.1, -0.05) is 12.1 Å². The van der Waals surface area contributed by atoms with Crippen LogP contribution in [0.15, 0.2) is 42.6 Å². The van der Waals surface area contributed by atoms with E-state index in [4.69, 9.17) is 5.26 Å². The van der Waals surface area contributed by atoms with Crippen molar-refractivity contribution in [3.8, 4) is 6.07 Å². The monoisotopic (exact) mass is 266 g/mol. The van der Waals surface area contributed by atoms with Gasteiger partial charge >= 0.3 is 6.18 Å². The van der Waals surface area contributed by atoms with E-state index >= 15 is 0 Å². The summed E-state index contributed by atoms with van der Waals surface area (Å²) in [6.45, 7) is 0. The average molecular weight is 266 g/mol. The molecule has 0 fully saturated rings. The normalized spacial score (nSPS) is 12.5. The number of hydrogen-bond acceptors (Lipinski definition) is 2. The van der Waals surface area contributed by atoms with Crippen LogP contribution in [0.5, 0.6) is 0 Å². The molecule has 0 N–H and O–H groups in total. The second-order valence-corrected chi connectivity index (χ2v) is 4.09. The minimum atomic E-state index is -4.38. The predicted octanol–water partition coefficient (Wildman–Crippen LogP) is 3.69. The van der Waals surface area contributed by atoms with E-state index < -0.39 is 11.7 Å². The van der Waals surface area contributed by atoms with Crippen molar-refractivity contribution in [2.75, 3.05) is 14.1 Å². The van der Waals surface area contributed by atoms with Crippen LogP contribution in [0.4, 0.5) is 13.2 Å². The molecule has 0 aliphatic carbocycles. The fraction of sp³-hybridized carbons (Fsp3) is 0.214. The molecule has 0 amide bonds. The molecule has 0 aliphatic heterocycles. The predicted molar refractivity (Wildman–Crippen MR) is 67.9 cm³/mol. The summed E-state index contributed by atoms with van der Waals surface area (Å²) in [5.41, 5.74) is 0.243. The van der Waals surface area contributed by atoms with Crippen molar-refractivity contribution in [1.29, 1.82) is 5.26 Å². The highest BCUT2D eigenvalue weighted by molar-refractivity contribution is 5.74. The number of hydrogen-bond donors (Lipinski definition) is 0. The molecule has 0 atom stereocenters. The van der Waals surface area contributed by atoms with Crippen LogP contribution in [0.3, 0.4) is 0 Å². The molecule has 5 heteroatoms. The van der Waals surface area contributed by atoms with Crippen LogP contribution in [0.25, 0.3) is 5.57 Å². The standard InChI is InChI=1S/C14H13F3N2/c1-19(2)10-12(6-4-8-18)11-5-3-7-13(9-11)14(15,16)17/h3-7,9-10H,1-2H3/b6-4+,12-10+. The van der Waals surface area contributed by atoms with Crippen molar-refractivity contribution in [3.05, 3.63) is 53.7 Å². The molecule has 1 aromatic rings. The highest BCUT2D eigenvalue weighted by Gasteiger charge is 2.30. The maximum Gasteiger partial charge on any atom is 0.416 e. The van der Waals surface area contributed by atoms with Crippen molar-refractivity contribution in [2.45, 2.75) is 6.18 Å². The van der Waals surface area contributed by atoms with E-state index in [1.165, 1.54) is 18.2 Å². The molecule has 1 aromatic carbocycles. The van der Waals surface area contributed by atoms with E-state index in [1.807, 2.05) is 6.07 Å². The molecule has 0 bridgehead atoms. The number of allylic oxidation sites excluding steroid dienone is 3. The third-order valence-corrected chi connectivity index (χ3v) is 2.26. The Hall–Kier alpha value is -2.22. The van der Waals surface area contributed by atoms with Gasteiger partial charge in [0, 0.05) is 26.4 Å². The van der Waals surface area contributed by atoms with Crippen LogP contribution in [0.2, 0.25) is 0 Å².